The molecule has 1 N–H and O–H groups in total. The van der Waals surface area contributed by atoms with Crippen LogP contribution in [-0.4, -0.2) is 23.8 Å². The Balaban J connectivity index is 1.64. The average molecular weight is 250 g/mol. The number of nitrogens with one attached hydrogen (secondary N) is 1. The van der Waals surface area contributed by atoms with Gasteiger partial charge in [0.15, 0.2) is 0 Å². The highest BCUT2D eigenvalue weighted by atomic mass is 16.5. The fourth-order valence-electron chi connectivity index (χ4n) is 2.69. The lowest BCUT2D eigenvalue weighted by molar-refractivity contribution is 0.0602. The van der Waals surface area contributed by atoms with Gasteiger partial charge in [-0.1, -0.05) is 12.8 Å². The summed E-state index contributed by atoms with van der Waals surface area (Å²) in [5, 5.41) is 3.47. The molecule has 0 bridgehead atoms. The molecule has 102 valence electrons. The van der Waals surface area contributed by atoms with Crippen molar-refractivity contribution < 1.29 is 4.74 Å². The second-order valence-corrected chi connectivity index (χ2v) is 5.41. The summed E-state index contributed by atoms with van der Waals surface area (Å²) in [5.41, 5.74) is 4.08. The fraction of sp³-hybridized carbons (Fsp3) is 0.733. The van der Waals surface area contributed by atoms with Crippen LogP contribution in [0.25, 0.3) is 0 Å². The molecule has 0 unspecified atom stereocenters. The molecule has 0 amide bonds. The number of hydrogen-bond acceptors (Lipinski definition) is 2. The summed E-state index contributed by atoms with van der Waals surface area (Å²) >= 11 is 0. The number of nitrogens with zero attached hydrogens (tertiary/aromatic N) is 1. The molecule has 0 spiro atoms. The Bertz CT molecular complexity index is 378. The molecular formula is C15H26N2O. The Hall–Kier alpha value is -0.800. The minimum atomic E-state index is 0.535. The molecule has 18 heavy (non-hydrogen) atoms. The van der Waals surface area contributed by atoms with Crippen LogP contribution < -0.4 is 5.32 Å². The molecule has 1 saturated carbocycles. The molecule has 0 atom stereocenters. The zero-order valence-corrected chi connectivity index (χ0v) is 12.0. The molecule has 0 aliphatic heterocycles. The van der Waals surface area contributed by atoms with E-state index in [1.165, 1.54) is 42.6 Å². The first-order valence-electron chi connectivity index (χ1n) is 7.12. The number of ether oxygens (including phenoxy) is 1. The molecule has 2 rings (SSSR count). The van der Waals surface area contributed by atoms with Crippen LogP contribution in [0.3, 0.4) is 0 Å². The topological polar surface area (TPSA) is 26.2 Å². The van der Waals surface area contributed by atoms with Gasteiger partial charge in [-0.15, -0.1) is 0 Å². The smallest absolute Gasteiger partial charge is 0.0594 e. The van der Waals surface area contributed by atoms with Crippen LogP contribution >= 0.6 is 0 Å². The van der Waals surface area contributed by atoms with Gasteiger partial charge in [0, 0.05) is 31.5 Å². The first-order chi connectivity index (χ1) is 8.68. The molecule has 0 radical (unpaired) electrons. The average Bonchev–Trinajstić information content (AvgIpc) is 2.95. The summed E-state index contributed by atoms with van der Waals surface area (Å²) in [6, 6.07) is 2.26. The lowest BCUT2D eigenvalue weighted by Crippen LogP contribution is -2.22. The van der Waals surface area contributed by atoms with E-state index in [0.29, 0.717) is 6.10 Å². The van der Waals surface area contributed by atoms with Gasteiger partial charge in [-0.25, -0.2) is 0 Å². The first kappa shape index (κ1) is 13.6. The quantitative estimate of drug-likeness (QED) is 0.786. The summed E-state index contributed by atoms with van der Waals surface area (Å²) < 4.78 is 8.07. The Morgan fingerprint density at radius 3 is 2.67 bits per heavy atom. The molecule has 1 aliphatic rings. The van der Waals surface area contributed by atoms with E-state index in [9.17, 15) is 0 Å². The highest BCUT2D eigenvalue weighted by Crippen LogP contribution is 2.20. The lowest BCUT2D eigenvalue weighted by Gasteiger charge is -2.11. The van der Waals surface area contributed by atoms with Crippen molar-refractivity contribution in [2.75, 3.05) is 13.2 Å². The molecule has 1 aliphatic carbocycles. The van der Waals surface area contributed by atoms with Crippen LogP contribution in [0, 0.1) is 13.8 Å². The molecule has 3 nitrogen and oxygen atoms in total. The van der Waals surface area contributed by atoms with E-state index in [4.69, 9.17) is 4.74 Å². The van der Waals surface area contributed by atoms with E-state index in [-0.39, 0.29) is 0 Å². The van der Waals surface area contributed by atoms with Crippen molar-refractivity contribution in [3.63, 3.8) is 0 Å². The predicted molar refractivity (Wildman–Crippen MR) is 74.8 cm³/mol. The van der Waals surface area contributed by atoms with Gasteiger partial charge in [-0.3, -0.25) is 0 Å². The third kappa shape index (κ3) is 3.36. The van der Waals surface area contributed by atoms with Crippen LogP contribution in [0.5, 0.6) is 0 Å². The molecule has 1 aromatic rings. The predicted octanol–water partition coefficient (Wildman–Crippen LogP) is 2.69. The van der Waals surface area contributed by atoms with Gasteiger partial charge in [0.25, 0.3) is 0 Å². The van der Waals surface area contributed by atoms with Crippen LogP contribution in [0.4, 0.5) is 0 Å². The van der Waals surface area contributed by atoms with Crippen LogP contribution in [0.2, 0.25) is 0 Å². The largest absolute Gasteiger partial charge is 0.377 e. The van der Waals surface area contributed by atoms with E-state index in [1.54, 1.807) is 0 Å². The monoisotopic (exact) mass is 250 g/mol. The van der Waals surface area contributed by atoms with Gasteiger partial charge in [0.2, 0.25) is 0 Å². The van der Waals surface area contributed by atoms with Gasteiger partial charge in [-0.05, 0) is 38.3 Å². The standard InChI is InChI=1S/C15H26N2O/c1-12-10-14(13(2)17(12)3)11-16-8-9-18-15-6-4-5-7-15/h10,15-16H,4-9,11H2,1-3H3. The van der Waals surface area contributed by atoms with Crippen LogP contribution in [-0.2, 0) is 18.3 Å². The van der Waals surface area contributed by atoms with Gasteiger partial charge < -0.3 is 14.6 Å². The molecule has 1 heterocycles. The molecule has 0 aromatic carbocycles. The SMILES string of the molecule is Cc1cc(CNCCOC2CCCC2)c(C)n1C. The Morgan fingerprint density at radius 2 is 2.06 bits per heavy atom. The number of aromatic nitrogens is 1. The third-order valence-electron chi connectivity index (χ3n) is 4.13. The molecule has 1 aromatic heterocycles. The highest BCUT2D eigenvalue weighted by molar-refractivity contribution is 5.26. The maximum atomic E-state index is 5.83. The van der Waals surface area contributed by atoms with Crippen LogP contribution in [0.1, 0.15) is 42.6 Å². The number of hydrogen-bond donors (Lipinski definition) is 1. The first-order valence-corrected chi connectivity index (χ1v) is 7.12. The zero-order chi connectivity index (χ0) is 13.0. The maximum Gasteiger partial charge on any atom is 0.0594 e. The Labute approximate surface area is 111 Å². The molecule has 3 heteroatoms. The van der Waals surface area contributed by atoms with Gasteiger partial charge in [-0.2, -0.15) is 0 Å². The Morgan fingerprint density at radius 1 is 1.33 bits per heavy atom. The minimum Gasteiger partial charge on any atom is -0.377 e. The lowest BCUT2D eigenvalue weighted by atomic mass is 10.2. The second-order valence-electron chi connectivity index (χ2n) is 5.41. The number of rotatable bonds is 6. The second kappa shape index (κ2) is 6.39. The van der Waals surface area contributed by atoms with Crippen molar-refractivity contribution in [2.24, 2.45) is 7.05 Å². The van der Waals surface area contributed by atoms with Gasteiger partial charge >= 0.3 is 0 Å². The van der Waals surface area contributed by atoms with Gasteiger partial charge in [0.1, 0.15) is 0 Å². The van der Waals surface area contributed by atoms with Crippen molar-refractivity contribution in [1.29, 1.82) is 0 Å². The number of aryl methyl sites for hydroxylation is 1. The minimum absolute atomic E-state index is 0.535. The van der Waals surface area contributed by atoms with Crippen molar-refractivity contribution in [3.05, 3.63) is 23.0 Å². The normalized spacial score (nSPS) is 16.6. The Kier molecular flexibility index (Phi) is 4.84. The fourth-order valence-corrected chi connectivity index (χ4v) is 2.69. The summed E-state index contributed by atoms with van der Waals surface area (Å²) in [7, 11) is 2.12. The molecule has 1 fully saturated rings. The zero-order valence-electron chi connectivity index (χ0n) is 12.0. The molecule has 0 saturated heterocycles. The maximum absolute atomic E-state index is 5.83. The van der Waals surface area contributed by atoms with Crippen LogP contribution in [0.15, 0.2) is 6.07 Å². The van der Waals surface area contributed by atoms with Crippen molar-refractivity contribution in [3.8, 4) is 0 Å². The summed E-state index contributed by atoms with van der Waals surface area (Å²) in [4.78, 5) is 0. The van der Waals surface area contributed by atoms with E-state index in [0.717, 1.165) is 19.7 Å². The third-order valence-corrected chi connectivity index (χ3v) is 4.13. The van der Waals surface area contributed by atoms with E-state index >= 15 is 0 Å². The van der Waals surface area contributed by atoms with Crippen molar-refractivity contribution in [2.45, 2.75) is 52.2 Å². The summed E-state index contributed by atoms with van der Waals surface area (Å²) in [6.07, 6.45) is 5.75. The van der Waals surface area contributed by atoms with E-state index in [1.807, 2.05) is 0 Å². The van der Waals surface area contributed by atoms with E-state index in [2.05, 4.69) is 36.8 Å². The van der Waals surface area contributed by atoms with Gasteiger partial charge in [0.05, 0.1) is 12.7 Å². The summed E-state index contributed by atoms with van der Waals surface area (Å²) in [6.45, 7) is 7.07. The van der Waals surface area contributed by atoms with Crippen molar-refractivity contribution in [1.82, 2.24) is 9.88 Å². The molecular weight excluding hydrogens is 224 g/mol. The van der Waals surface area contributed by atoms with Crippen molar-refractivity contribution >= 4 is 0 Å². The van der Waals surface area contributed by atoms with E-state index < -0.39 is 0 Å². The highest BCUT2D eigenvalue weighted by Gasteiger charge is 2.14. The summed E-state index contributed by atoms with van der Waals surface area (Å²) in [5.74, 6) is 0.